The largest absolute Gasteiger partial charge is 0.378 e. The molecule has 2 amide bonds. The second-order valence-electron chi connectivity index (χ2n) is 7.94. The number of amides is 2. The van der Waals surface area contributed by atoms with Crippen LogP contribution in [-0.2, 0) is 27.3 Å². The van der Waals surface area contributed by atoms with Crippen LogP contribution in [-0.4, -0.2) is 88.3 Å². The van der Waals surface area contributed by atoms with E-state index in [9.17, 15) is 9.59 Å². The van der Waals surface area contributed by atoms with Gasteiger partial charge in [-0.05, 0) is 12.1 Å². The van der Waals surface area contributed by atoms with Crippen molar-refractivity contribution in [1.29, 1.82) is 0 Å². The van der Waals surface area contributed by atoms with Crippen LogP contribution < -0.4 is 0 Å². The van der Waals surface area contributed by atoms with Crippen LogP contribution in [0.3, 0.4) is 0 Å². The van der Waals surface area contributed by atoms with Crippen LogP contribution >= 0.6 is 0 Å². The molecule has 0 aliphatic carbocycles. The molecule has 5 rings (SSSR count). The Morgan fingerprint density at radius 2 is 2.06 bits per heavy atom. The molecule has 0 saturated carbocycles. The second kappa shape index (κ2) is 9.12. The van der Waals surface area contributed by atoms with Crippen LogP contribution in [0.15, 0.2) is 35.0 Å². The van der Waals surface area contributed by atoms with Gasteiger partial charge in [0.2, 0.25) is 5.91 Å². The van der Waals surface area contributed by atoms with Gasteiger partial charge in [0.25, 0.3) is 5.91 Å². The molecule has 1 saturated heterocycles. The molecule has 172 valence electrons. The molecule has 3 aromatic rings. The van der Waals surface area contributed by atoms with Crippen molar-refractivity contribution in [1.82, 2.24) is 30.0 Å². The van der Waals surface area contributed by atoms with Crippen molar-refractivity contribution in [3.05, 3.63) is 47.5 Å². The van der Waals surface area contributed by atoms with Crippen LogP contribution in [0.25, 0.3) is 16.9 Å². The molecule has 4 heterocycles. The number of morpholine rings is 1. The molecular formula is C22H24N6O5. The number of fused-ring (bicyclic) bond motifs is 1. The Balaban J connectivity index is 1.38. The summed E-state index contributed by atoms with van der Waals surface area (Å²) < 4.78 is 17.5. The van der Waals surface area contributed by atoms with E-state index in [4.69, 9.17) is 14.0 Å². The first-order chi connectivity index (χ1) is 16.1. The molecule has 2 aliphatic rings. The van der Waals surface area contributed by atoms with Crippen molar-refractivity contribution in [3.63, 3.8) is 0 Å². The van der Waals surface area contributed by atoms with E-state index in [-0.39, 0.29) is 18.4 Å². The van der Waals surface area contributed by atoms with Crippen LogP contribution in [0.4, 0.5) is 0 Å². The lowest BCUT2D eigenvalue weighted by molar-refractivity contribution is -0.136. The fraction of sp³-hybridized carbons (Fsp3) is 0.409. The first kappa shape index (κ1) is 21.3. The average Bonchev–Trinajstić information content (AvgIpc) is 3.50. The second-order valence-corrected chi connectivity index (χ2v) is 7.94. The summed E-state index contributed by atoms with van der Waals surface area (Å²) in [5.41, 5.74) is 3.06. The smallest absolute Gasteiger partial charge is 0.260 e. The predicted molar refractivity (Wildman–Crippen MR) is 115 cm³/mol. The van der Waals surface area contributed by atoms with Crippen molar-refractivity contribution < 1.29 is 23.6 Å². The van der Waals surface area contributed by atoms with E-state index in [1.807, 2.05) is 24.3 Å². The third kappa shape index (κ3) is 4.24. The summed E-state index contributed by atoms with van der Waals surface area (Å²) in [5, 5.41) is 12.4. The third-order valence-corrected chi connectivity index (χ3v) is 5.78. The zero-order valence-corrected chi connectivity index (χ0v) is 18.3. The highest BCUT2D eigenvalue weighted by Crippen LogP contribution is 2.31. The lowest BCUT2D eigenvalue weighted by Crippen LogP contribution is -2.48. The van der Waals surface area contributed by atoms with Crippen LogP contribution in [0.1, 0.15) is 21.8 Å². The van der Waals surface area contributed by atoms with Gasteiger partial charge in [-0.3, -0.25) is 9.59 Å². The van der Waals surface area contributed by atoms with E-state index in [1.54, 1.807) is 27.8 Å². The number of hydrogen-bond acceptors (Lipinski definition) is 8. The summed E-state index contributed by atoms with van der Waals surface area (Å²) in [5.74, 6) is 0.217. The molecule has 2 aromatic heterocycles. The van der Waals surface area contributed by atoms with Crippen molar-refractivity contribution in [2.24, 2.45) is 0 Å². The van der Waals surface area contributed by atoms with Gasteiger partial charge in [0, 0.05) is 38.7 Å². The van der Waals surface area contributed by atoms with E-state index in [0.717, 1.165) is 11.3 Å². The van der Waals surface area contributed by atoms with Gasteiger partial charge < -0.3 is 23.8 Å². The van der Waals surface area contributed by atoms with Gasteiger partial charge in [0.15, 0.2) is 5.76 Å². The van der Waals surface area contributed by atoms with Gasteiger partial charge in [-0.1, -0.05) is 22.5 Å². The molecule has 0 N–H and O–H groups in total. The predicted octanol–water partition coefficient (Wildman–Crippen LogP) is 0.926. The maximum absolute atomic E-state index is 13.3. The molecule has 0 spiro atoms. The fourth-order valence-corrected chi connectivity index (χ4v) is 4.07. The number of carbonyl (C=O) groups is 2. The minimum absolute atomic E-state index is 0.0319. The van der Waals surface area contributed by atoms with Crippen molar-refractivity contribution >= 4 is 11.8 Å². The lowest BCUT2D eigenvalue weighted by Gasteiger charge is -2.31. The molecular weight excluding hydrogens is 428 g/mol. The van der Waals surface area contributed by atoms with Gasteiger partial charge >= 0.3 is 0 Å². The maximum atomic E-state index is 13.3. The Hall–Kier alpha value is -3.57. The summed E-state index contributed by atoms with van der Waals surface area (Å²) >= 11 is 0. The summed E-state index contributed by atoms with van der Waals surface area (Å²) in [4.78, 5) is 29.3. The van der Waals surface area contributed by atoms with Crippen molar-refractivity contribution in [2.45, 2.75) is 13.0 Å². The number of benzene rings is 1. The highest BCUT2D eigenvalue weighted by molar-refractivity contribution is 6.03. The summed E-state index contributed by atoms with van der Waals surface area (Å²) in [6.07, 6.45) is 2.29. The van der Waals surface area contributed by atoms with Crippen LogP contribution in [0.2, 0.25) is 0 Å². The van der Waals surface area contributed by atoms with Crippen molar-refractivity contribution in [2.75, 3.05) is 46.5 Å². The monoisotopic (exact) mass is 452 g/mol. The average molecular weight is 452 g/mol. The molecule has 0 atom stereocenters. The number of hydrogen-bond donors (Lipinski definition) is 0. The minimum Gasteiger partial charge on any atom is -0.378 e. The maximum Gasteiger partial charge on any atom is 0.260 e. The van der Waals surface area contributed by atoms with Gasteiger partial charge in [0.1, 0.15) is 23.5 Å². The number of rotatable bonds is 6. The van der Waals surface area contributed by atoms with Crippen LogP contribution in [0.5, 0.6) is 0 Å². The number of aromatic nitrogens is 4. The molecule has 11 nitrogen and oxygen atoms in total. The van der Waals surface area contributed by atoms with E-state index in [1.165, 1.54) is 0 Å². The lowest BCUT2D eigenvalue weighted by atomic mass is 10.00. The van der Waals surface area contributed by atoms with Crippen LogP contribution in [0, 0.1) is 0 Å². The molecule has 33 heavy (non-hydrogen) atoms. The Morgan fingerprint density at radius 3 is 2.88 bits per heavy atom. The molecule has 0 bridgehead atoms. The van der Waals surface area contributed by atoms with E-state index >= 15 is 0 Å². The standard InChI is InChI=1S/C22H24N6O5/c1-31-14-16-12-28(25-23-16)17-4-2-3-15(11-17)21-20-18(33-24-21)5-6-27(22(20)30)13-19(29)26-7-9-32-10-8-26/h2-4,11-12H,5-10,13-14H2,1H3. The van der Waals surface area contributed by atoms with Gasteiger partial charge in [0.05, 0.1) is 31.7 Å². The molecule has 2 aliphatic heterocycles. The first-order valence-corrected chi connectivity index (χ1v) is 10.8. The molecule has 0 radical (unpaired) electrons. The first-order valence-electron chi connectivity index (χ1n) is 10.8. The number of ether oxygens (including phenoxy) is 2. The van der Waals surface area contributed by atoms with Gasteiger partial charge in [-0.25, -0.2) is 4.68 Å². The summed E-state index contributed by atoms with van der Waals surface area (Å²) in [7, 11) is 1.60. The highest BCUT2D eigenvalue weighted by atomic mass is 16.5. The minimum atomic E-state index is -0.248. The zero-order valence-electron chi connectivity index (χ0n) is 18.3. The normalized spacial score (nSPS) is 16.2. The van der Waals surface area contributed by atoms with Crippen molar-refractivity contribution in [3.8, 4) is 16.9 Å². The summed E-state index contributed by atoms with van der Waals surface area (Å²) in [6, 6.07) is 7.47. The molecule has 1 aromatic carbocycles. The third-order valence-electron chi connectivity index (χ3n) is 5.78. The number of methoxy groups -OCH3 is 1. The van der Waals surface area contributed by atoms with Gasteiger partial charge in [-0.15, -0.1) is 5.10 Å². The molecule has 11 heteroatoms. The van der Waals surface area contributed by atoms with E-state index in [2.05, 4.69) is 15.5 Å². The van der Waals surface area contributed by atoms with E-state index < -0.39 is 0 Å². The number of carbonyl (C=O) groups excluding carboxylic acids is 2. The van der Waals surface area contributed by atoms with E-state index in [0.29, 0.717) is 68.6 Å². The quantitative estimate of drug-likeness (QED) is 0.542. The Bertz CT molecular complexity index is 1170. The zero-order chi connectivity index (χ0) is 22.8. The molecule has 1 fully saturated rings. The highest BCUT2D eigenvalue weighted by Gasteiger charge is 2.34. The number of nitrogens with zero attached hydrogens (tertiary/aromatic N) is 6. The molecule has 0 unspecified atom stereocenters. The Kier molecular flexibility index (Phi) is 5.88. The Labute approximate surface area is 189 Å². The SMILES string of the molecule is COCc1cn(-c2cccc(-c3noc4c3C(=O)N(CC(=O)N3CCOCC3)CC4)c2)nn1. The fourth-order valence-electron chi connectivity index (χ4n) is 4.07. The Morgan fingerprint density at radius 1 is 1.21 bits per heavy atom. The topological polar surface area (TPSA) is 116 Å². The summed E-state index contributed by atoms with van der Waals surface area (Å²) in [6.45, 7) is 2.95. The van der Waals surface area contributed by atoms with Gasteiger partial charge in [-0.2, -0.15) is 0 Å².